The molecule has 1 aromatic rings. The van der Waals surface area contributed by atoms with Gasteiger partial charge in [0, 0.05) is 31.7 Å². The topological polar surface area (TPSA) is 131 Å². The van der Waals surface area contributed by atoms with Crippen LogP contribution in [0.1, 0.15) is 29.8 Å². The van der Waals surface area contributed by atoms with E-state index in [1.807, 2.05) is 13.8 Å². The normalized spacial score (nSPS) is 20.8. The number of rotatable bonds is 7. The molecule has 27 heavy (non-hydrogen) atoms. The molecule has 4 N–H and O–H groups in total. The molecule has 10 heteroatoms. The highest BCUT2D eigenvalue weighted by atomic mass is 32.2. The lowest BCUT2D eigenvalue weighted by Gasteiger charge is -2.34. The fraction of sp³-hybridized carbons (Fsp3) is 0.529. The summed E-state index contributed by atoms with van der Waals surface area (Å²) in [4.78, 5) is 22.8. The fourth-order valence-corrected chi connectivity index (χ4v) is 4.34. The van der Waals surface area contributed by atoms with Crippen LogP contribution in [0.5, 0.6) is 0 Å². The summed E-state index contributed by atoms with van der Waals surface area (Å²) < 4.78 is 31.8. The van der Waals surface area contributed by atoms with E-state index in [0.717, 1.165) is 5.56 Å². The lowest BCUT2D eigenvalue weighted by molar-refractivity contribution is -0.0440. The third-order valence-electron chi connectivity index (χ3n) is 4.11. The smallest absolute Gasteiger partial charge is 0.312 e. The number of hydrogen-bond acceptors (Lipinski definition) is 5. The number of primary amides is 1. The van der Waals surface area contributed by atoms with Crippen molar-refractivity contribution in [2.75, 3.05) is 25.4 Å². The Morgan fingerprint density at radius 1 is 1.15 bits per heavy atom. The van der Waals surface area contributed by atoms with Crippen LogP contribution in [0.4, 0.5) is 4.79 Å². The molecule has 150 valence electrons. The molecule has 0 radical (unpaired) electrons. The first kappa shape index (κ1) is 21.1. The van der Waals surface area contributed by atoms with Gasteiger partial charge >= 0.3 is 6.03 Å². The highest BCUT2D eigenvalue weighted by molar-refractivity contribution is 7.89. The second kappa shape index (κ2) is 9.16. The zero-order valence-electron chi connectivity index (χ0n) is 15.5. The second-order valence-electron chi connectivity index (χ2n) is 6.56. The average molecular weight is 398 g/mol. The van der Waals surface area contributed by atoms with E-state index >= 15 is 0 Å². The largest absolute Gasteiger partial charge is 0.373 e. The van der Waals surface area contributed by atoms with Gasteiger partial charge in [-0.25, -0.2) is 13.2 Å². The number of morpholine rings is 1. The summed E-state index contributed by atoms with van der Waals surface area (Å²) in [5.41, 5.74) is 6.20. The predicted molar refractivity (Wildman–Crippen MR) is 101 cm³/mol. The molecule has 1 aliphatic heterocycles. The van der Waals surface area contributed by atoms with Crippen LogP contribution in [0.15, 0.2) is 24.3 Å². The van der Waals surface area contributed by atoms with Crippen LogP contribution in [-0.2, 0) is 21.3 Å². The lowest BCUT2D eigenvalue weighted by Crippen LogP contribution is -2.49. The zero-order valence-corrected chi connectivity index (χ0v) is 16.3. The number of ether oxygens (including phenoxy) is 1. The minimum Gasteiger partial charge on any atom is -0.373 e. The average Bonchev–Trinajstić information content (AvgIpc) is 2.59. The SMILES string of the molecule is CC1CN(S(=O)(=O)CCNC(=O)c2ccc(CNC(N)=O)cc2)CC(C)O1. The summed E-state index contributed by atoms with van der Waals surface area (Å²) in [6.07, 6.45) is -0.304. The molecule has 0 aliphatic carbocycles. The minimum atomic E-state index is -3.46. The molecule has 0 bridgehead atoms. The molecular formula is C17H26N4O5S. The second-order valence-corrected chi connectivity index (χ2v) is 8.65. The molecule has 1 saturated heterocycles. The van der Waals surface area contributed by atoms with E-state index < -0.39 is 16.1 Å². The van der Waals surface area contributed by atoms with E-state index in [1.165, 1.54) is 4.31 Å². The molecule has 2 rings (SSSR count). The van der Waals surface area contributed by atoms with E-state index in [2.05, 4.69) is 10.6 Å². The van der Waals surface area contributed by atoms with Crippen molar-refractivity contribution in [2.24, 2.45) is 5.73 Å². The molecule has 0 spiro atoms. The summed E-state index contributed by atoms with van der Waals surface area (Å²) in [5, 5.41) is 5.08. The molecule has 1 aromatic carbocycles. The maximum absolute atomic E-state index is 12.4. The van der Waals surface area contributed by atoms with Gasteiger partial charge in [-0.15, -0.1) is 0 Å². The van der Waals surface area contributed by atoms with Crippen LogP contribution < -0.4 is 16.4 Å². The molecule has 3 amide bonds. The first-order valence-electron chi connectivity index (χ1n) is 8.71. The van der Waals surface area contributed by atoms with Crippen molar-refractivity contribution in [3.8, 4) is 0 Å². The molecule has 0 saturated carbocycles. The van der Waals surface area contributed by atoms with Crippen molar-refractivity contribution < 1.29 is 22.7 Å². The van der Waals surface area contributed by atoms with Crippen LogP contribution >= 0.6 is 0 Å². The number of carbonyl (C=O) groups excluding carboxylic acids is 2. The molecule has 0 aromatic heterocycles. The maximum atomic E-state index is 12.4. The maximum Gasteiger partial charge on any atom is 0.312 e. The van der Waals surface area contributed by atoms with Gasteiger partial charge in [0.2, 0.25) is 10.0 Å². The number of nitrogens with zero attached hydrogens (tertiary/aromatic N) is 1. The molecule has 1 heterocycles. The van der Waals surface area contributed by atoms with Crippen LogP contribution in [0.3, 0.4) is 0 Å². The summed E-state index contributed by atoms with van der Waals surface area (Å²) in [6.45, 7) is 4.60. The van der Waals surface area contributed by atoms with Gasteiger partial charge in [0.05, 0.1) is 18.0 Å². The molecule has 9 nitrogen and oxygen atoms in total. The Labute approximate surface area is 159 Å². The van der Waals surface area contributed by atoms with Crippen molar-refractivity contribution in [1.29, 1.82) is 0 Å². The zero-order chi connectivity index (χ0) is 20.0. The molecule has 2 atom stereocenters. The summed E-state index contributed by atoms with van der Waals surface area (Å²) >= 11 is 0. The van der Waals surface area contributed by atoms with Crippen LogP contribution in [0, 0.1) is 0 Å². The molecule has 1 aliphatic rings. The Hall–Kier alpha value is -2.17. The van der Waals surface area contributed by atoms with Gasteiger partial charge in [-0.1, -0.05) is 12.1 Å². The van der Waals surface area contributed by atoms with Crippen LogP contribution in [0.2, 0.25) is 0 Å². The first-order valence-corrected chi connectivity index (χ1v) is 10.3. The van der Waals surface area contributed by atoms with Crippen LogP contribution in [-0.4, -0.2) is 62.3 Å². The number of urea groups is 1. The van der Waals surface area contributed by atoms with Gasteiger partial charge in [-0.3, -0.25) is 4.79 Å². The fourth-order valence-electron chi connectivity index (χ4n) is 2.85. The van der Waals surface area contributed by atoms with Gasteiger partial charge < -0.3 is 21.1 Å². The van der Waals surface area contributed by atoms with Crippen molar-refractivity contribution in [3.05, 3.63) is 35.4 Å². The molecular weight excluding hydrogens is 372 g/mol. The van der Waals surface area contributed by atoms with Crippen molar-refractivity contribution >= 4 is 22.0 Å². The standard InChI is InChI=1S/C17H26N4O5S/c1-12-10-21(11-13(2)26-12)27(24,25)8-7-19-16(22)15-5-3-14(4-6-15)9-20-17(18)23/h3-6,12-13H,7-11H2,1-2H3,(H,19,22)(H3,18,20,23). The summed E-state index contributed by atoms with van der Waals surface area (Å²) in [6, 6.07) is 5.97. The van der Waals surface area contributed by atoms with Crippen molar-refractivity contribution in [1.82, 2.24) is 14.9 Å². The third-order valence-corrected chi connectivity index (χ3v) is 5.91. The molecule has 2 unspecified atom stereocenters. The summed E-state index contributed by atoms with van der Waals surface area (Å²) in [5.74, 6) is -0.526. The van der Waals surface area contributed by atoms with Crippen LogP contribution in [0.25, 0.3) is 0 Å². The Morgan fingerprint density at radius 3 is 2.30 bits per heavy atom. The highest BCUT2D eigenvalue weighted by Gasteiger charge is 2.30. The van der Waals surface area contributed by atoms with Gasteiger partial charge in [0.15, 0.2) is 0 Å². The number of amides is 3. The Balaban J connectivity index is 1.83. The van der Waals surface area contributed by atoms with Gasteiger partial charge in [0.1, 0.15) is 0 Å². The minimum absolute atomic E-state index is 0.0201. The number of hydrogen-bond donors (Lipinski definition) is 3. The van der Waals surface area contributed by atoms with E-state index in [4.69, 9.17) is 10.5 Å². The quantitative estimate of drug-likeness (QED) is 0.596. The number of benzene rings is 1. The number of nitrogens with one attached hydrogen (secondary N) is 2. The number of carbonyl (C=O) groups is 2. The van der Waals surface area contributed by atoms with E-state index in [1.54, 1.807) is 24.3 Å². The molecule has 1 fully saturated rings. The third kappa shape index (κ3) is 6.49. The van der Waals surface area contributed by atoms with E-state index in [0.29, 0.717) is 18.7 Å². The van der Waals surface area contributed by atoms with E-state index in [9.17, 15) is 18.0 Å². The Morgan fingerprint density at radius 2 is 1.74 bits per heavy atom. The number of nitrogens with two attached hydrogens (primary N) is 1. The number of sulfonamides is 1. The van der Waals surface area contributed by atoms with E-state index in [-0.39, 0.29) is 37.0 Å². The lowest BCUT2D eigenvalue weighted by atomic mass is 10.1. The van der Waals surface area contributed by atoms with Crippen molar-refractivity contribution in [3.63, 3.8) is 0 Å². The summed E-state index contributed by atoms with van der Waals surface area (Å²) in [7, 11) is -3.46. The Kier molecular flexibility index (Phi) is 7.17. The van der Waals surface area contributed by atoms with Gasteiger partial charge in [-0.05, 0) is 31.5 Å². The van der Waals surface area contributed by atoms with Gasteiger partial charge in [-0.2, -0.15) is 4.31 Å². The first-order chi connectivity index (χ1) is 12.7. The predicted octanol–water partition coefficient (Wildman–Crippen LogP) is 0.0237. The monoisotopic (exact) mass is 398 g/mol. The van der Waals surface area contributed by atoms with Gasteiger partial charge in [0.25, 0.3) is 5.91 Å². The van der Waals surface area contributed by atoms with Crippen molar-refractivity contribution in [2.45, 2.75) is 32.6 Å². The highest BCUT2D eigenvalue weighted by Crippen LogP contribution is 2.14. The Bertz CT molecular complexity index is 756.